The van der Waals surface area contributed by atoms with Crippen molar-refractivity contribution in [2.24, 2.45) is 5.92 Å². The Morgan fingerprint density at radius 2 is 2.35 bits per heavy atom. The van der Waals surface area contributed by atoms with Gasteiger partial charge in [0.1, 0.15) is 5.78 Å². The molecule has 0 amide bonds. The number of carbonyl (C=O) groups is 1. The average Bonchev–Trinajstić information content (AvgIpc) is 2.35. The molecule has 0 aromatic carbocycles. The molecule has 0 radical (unpaired) electrons. The summed E-state index contributed by atoms with van der Waals surface area (Å²) >= 11 is 1.98. The van der Waals surface area contributed by atoms with Crippen molar-refractivity contribution in [1.82, 2.24) is 5.32 Å². The van der Waals surface area contributed by atoms with Crippen molar-refractivity contribution < 1.29 is 4.79 Å². The number of hydrogen-bond donors (Lipinski definition) is 1. The van der Waals surface area contributed by atoms with Crippen molar-refractivity contribution >= 4 is 17.5 Å². The molecule has 17 heavy (non-hydrogen) atoms. The molecule has 3 atom stereocenters. The van der Waals surface area contributed by atoms with Crippen molar-refractivity contribution in [3.63, 3.8) is 0 Å². The van der Waals surface area contributed by atoms with E-state index < -0.39 is 0 Å². The van der Waals surface area contributed by atoms with Crippen LogP contribution in [0.4, 0.5) is 0 Å². The summed E-state index contributed by atoms with van der Waals surface area (Å²) in [6, 6.07) is 0.464. The van der Waals surface area contributed by atoms with E-state index in [9.17, 15) is 4.79 Å². The molecule has 1 aliphatic heterocycles. The summed E-state index contributed by atoms with van der Waals surface area (Å²) < 4.78 is 0. The van der Waals surface area contributed by atoms with Crippen LogP contribution in [0.5, 0.6) is 0 Å². The first-order valence-electron chi connectivity index (χ1n) is 6.25. The second-order valence-corrected chi connectivity index (χ2v) is 6.24. The summed E-state index contributed by atoms with van der Waals surface area (Å²) in [7, 11) is 0. The number of ketones is 1. The molecule has 0 spiro atoms. The second-order valence-electron chi connectivity index (χ2n) is 4.96. The predicted molar refractivity (Wildman–Crippen MR) is 71.6 cm³/mol. The van der Waals surface area contributed by atoms with Gasteiger partial charge >= 0.3 is 0 Å². The maximum Gasteiger partial charge on any atom is 0.137 e. The molecular weight excluding hydrogens is 230 g/mol. The van der Waals surface area contributed by atoms with E-state index in [1.165, 1.54) is 23.4 Å². The number of rotatable bonds is 1. The highest BCUT2D eigenvalue weighted by molar-refractivity contribution is 8.04. The van der Waals surface area contributed by atoms with Gasteiger partial charge < -0.3 is 5.32 Å². The molecule has 3 aliphatic rings. The number of carbonyl (C=O) groups excluding carboxylic acids is 1. The van der Waals surface area contributed by atoms with E-state index in [1.807, 2.05) is 11.8 Å². The molecule has 1 heterocycles. The van der Waals surface area contributed by atoms with Crippen molar-refractivity contribution in [3.8, 4) is 0 Å². The van der Waals surface area contributed by atoms with Crippen LogP contribution in [0.3, 0.4) is 0 Å². The molecule has 0 bridgehead atoms. The number of allylic oxidation sites excluding steroid dienone is 4. The summed E-state index contributed by atoms with van der Waals surface area (Å²) in [5, 5.41) is 4.27. The standard InChI is InChI=1S/C14H17NOS/c1-9(16)10-6-7-14-12(8-10)15-11-4-2-3-5-13(11)17-14/h2,4,6-7,10-11,13,15H,3,5,8H2,1H3. The van der Waals surface area contributed by atoms with Crippen molar-refractivity contribution in [2.75, 3.05) is 0 Å². The minimum atomic E-state index is 0.0750. The molecule has 3 heteroatoms. The summed E-state index contributed by atoms with van der Waals surface area (Å²) in [5.41, 5.74) is 1.27. The van der Waals surface area contributed by atoms with E-state index in [2.05, 4.69) is 29.6 Å². The fourth-order valence-corrected chi connectivity index (χ4v) is 3.98. The third-order valence-electron chi connectivity index (χ3n) is 3.70. The van der Waals surface area contributed by atoms with E-state index in [4.69, 9.17) is 0 Å². The van der Waals surface area contributed by atoms with E-state index in [0.29, 0.717) is 11.3 Å². The molecule has 1 N–H and O–H groups in total. The topological polar surface area (TPSA) is 29.1 Å². The molecular formula is C14H17NOS. The van der Waals surface area contributed by atoms with E-state index >= 15 is 0 Å². The van der Waals surface area contributed by atoms with Crippen molar-refractivity contribution in [1.29, 1.82) is 0 Å². The zero-order valence-electron chi connectivity index (χ0n) is 9.98. The van der Waals surface area contributed by atoms with Crippen LogP contribution in [-0.4, -0.2) is 17.1 Å². The van der Waals surface area contributed by atoms with Crippen LogP contribution < -0.4 is 5.32 Å². The summed E-state index contributed by atoms with van der Waals surface area (Å²) in [6.07, 6.45) is 12.0. The lowest BCUT2D eigenvalue weighted by Crippen LogP contribution is -2.42. The Morgan fingerprint density at radius 3 is 3.18 bits per heavy atom. The van der Waals surface area contributed by atoms with Gasteiger partial charge in [-0.05, 0) is 19.8 Å². The first-order valence-corrected chi connectivity index (χ1v) is 7.13. The van der Waals surface area contributed by atoms with Crippen LogP contribution in [0.25, 0.3) is 0 Å². The van der Waals surface area contributed by atoms with Crippen LogP contribution in [-0.2, 0) is 4.79 Å². The van der Waals surface area contributed by atoms with Crippen LogP contribution >= 0.6 is 11.8 Å². The van der Waals surface area contributed by atoms with Gasteiger partial charge in [0.05, 0.1) is 6.04 Å². The fourth-order valence-electron chi connectivity index (χ4n) is 2.66. The van der Waals surface area contributed by atoms with Crippen molar-refractivity contribution in [3.05, 3.63) is 34.9 Å². The second kappa shape index (κ2) is 4.37. The average molecular weight is 247 g/mol. The normalized spacial score (nSPS) is 35.0. The highest BCUT2D eigenvalue weighted by atomic mass is 32.2. The first-order chi connectivity index (χ1) is 8.24. The SMILES string of the molecule is CC(=O)C1C=CC2=C(C1)NC1C=CCCC1S2. The Balaban J connectivity index is 1.81. The van der Waals surface area contributed by atoms with Gasteiger partial charge in [0.15, 0.2) is 0 Å². The van der Waals surface area contributed by atoms with Gasteiger partial charge in [-0.2, -0.15) is 0 Å². The van der Waals surface area contributed by atoms with Gasteiger partial charge in [-0.15, -0.1) is 11.8 Å². The smallest absolute Gasteiger partial charge is 0.137 e. The largest absolute Gasteiger partial charge is 0.380 e. The van der Waals surface area contributed by atoms with Crippen LogP contribution in [0.15, 0.2) is 34.9 Å². The van der Waals surface area contributed by atoms with Gasteiger partial charge in [-0.25, -0.2) is 0 Å². The van der Waals surface area contributed by atoms with Crippen LogP contribution in [0.1, 0.15) is 26.2 Å². The molecule has 3 rings (SSSR count). The number of Topliss-reactive ketones (excluding diaryl/α,β-unsaturated/α-hetero) is 1. The van der Waals surface area contributed by atoms with Gasteiger partial charge in [0.25, 0.3) is 0 Å². The number of hydrogen-bond acceptors (Lipinski definition) is 3. The van der Waals surface area contributed by atoms with E-state index in [0.717, 1.165) is 6.42 Å². The first kappa shape index (κ1) is 11.1. The lowest BCUT2D eigenvalue weighted by atomic mass is 9.93. The molecule has 0 saturated heterocycles. The number of thioether (sulfide) groups is 1. The molecule has 2 nitrogen and oxygen atoms in total. The van der Waals surface area contributed by atoms with Crippen LogP contribution in [0.2, 0.25) is 0 Å². The van der Waals surface area contributed by atoms with Gasteiger partial charge in [-0.3, -0.25) is 4.79 Å². The monoisotopic (exact) mass is 247 g/mol. The lowest BCUT2D eigenvalue weighted by Gasteiger charge is -2.37. The van der Waals surface area contributed by atoms with Gasteiger partial charge in [0.2, 0.25) is 0 Å². The zero-order chi connectivity index (χ0) is 11.8. The summed E-state index contributed by atoms with van der Waals surface area (Å²) in [6.45, 7) is 1.68. The maximum atomic E-state index is 11.4. The Morgan fingerprint density at radius 1 is 1.47 bits per heavy atom. The van der Waals surface area contributed by atoms with Crippen LogP contribution in [0, 0.1) is 5.92 Å². The minimum Gasteiger partial charge on any atom is -0.380 e. The molecule has 0 aromatic heterocycles. The molecule has 2 aliphatic carbocycles. The van der Waals surface area contributed by atoms with E-state index in [1.54, 1.807) is 6.92 Å². The zero-order valence-corrected chi connectivity index (χ0v) is 10.8. The third kappa shape index (κ3) is 2.08. The van der Waals surface area contributed by atoms with Gasteiger partial charge in [0, 0.05) is 28.2 Å². The Labute approximate surface area is 106 Å². The van der Waals surface area contributed by atoms with Crippen molar-refractivity contribution in [2.45, 2.75) is 37.5 Å². The third-order valence-corrected chi connectivity index (χ3v) is 5.17. The molecule has 0 fully saturated rings. The molecule has 3 unspecified atom stereocenters. The number of nitrogens with one attached hydrogen (secondary N) is 1. The van der Waals surface area contributed by atoms with E-state index in [-0.39, 0.29) is 11.7 Å². The lowest BCUT2D eigenvalue weighted by molar-refractivity contribution is -0.119. The molecule has 0 saturated carbocycles. The highest BCUT2D eigenvalue weighted by Gasteiger charge is 2.31. The minimum absolute atomic E-state index is 0.0750. The Hall–Kier alpha value is -0.960. The predicted octanol–water partition coefficient (Wildman–Crippen LogP) is 2.79. The quantitative estimate of drug-likeness (QED) is 0.722. The fraction of sp³-hybridized carbons (Fsp3) is 0.500. The molecule has 0 aromatic rings. The summed E-state index contributed by atoms with van der Waals surface area (Å²) in [5.74, 6) is 0.340. The molecule has 90 valence electrons. The highest BCUT2D eigenvalue weighted by Crippen LogP contribution is 2.40. The summed E-state index contributed by atoms with van der Waals surface area (Å²) in [4.78, 5) is 12.8. The maximum absolute atomic E-state index is 11.4. The Kier molecular flexibility index (Phi) is 2.87. The number of fused-ring (bicyclic) bond motifs is 1. The van der Waals surface area contributed by atoms with Gasteiger partial charge in [-0.1, -0.05) is 24.3 Å². The Bertz CT molecular complexity index is 436.